The van der Waals surface area contributed by atoms with Crippen LogP contribution in [0.3, 0.4) is 0 Å². The molecule has 2 nitrogen and oxygen atoms in total. The molecule has 0 fully saturated rings. The molecule has 0 saturated carbocycles. The molecule has 1 aromatic carbocycles. The van der Waals surface area contributed by atoms with Crippen molar-refractivity contribution >= 4 is 0 Å². The minimum atomic E-state index is 0.411. The van der Waals surface area contributed by atoms with E-state index in [1.807, 2.05) is 0 Å². The largest absolute Gasteiger partial charge is 0.493 e. The molecule has 102 valence electrons. The van der Waals surface area contributed by atoms with E-state index in [4.69, 9.17) is 4.74 Å². The van der Waals surface area contributed by atoms with Crippen LogP contribution in [0.5, 0.6) is 5.75 Å². The van der Waals surface area contributed by atoms with E-state index in [0.717, 1.165) is 25.3 Å². The molecule has 1 aliphatic carbocycles. The van der Waals surface area contributed by atoms with Crippen molar-refractivity contribution in [3.8, 4) is 5.75 Å². The minimum Gasteiger partial charge on any atom is -0.493 e. The van der Waals surface area contributed by atoms with Crippen molar-refractivity contribution in [3.05, 3.63) is 41.0 Å². The second-order valence-electron chi connectivity index (χ2n) is 5.52. The number of hydrogen-bond acceptors (Lipinski definition) is 2. The Morgan fingerprint density at radius 1 is 1.32 bits per heavy atom. The summed E-state index contributed by atoms with van der Waals surface area (Å²) in [5, 5.41) is 3.71. The van der Waals surface area contributed by atoms with E-state index in [1.165, 1.54) is 36.8 Å². The molecule has 0 radical (unpaired) electrons. The average molecular weight is 257 g/mol. The first-order valence-electron chi connectivity index (χ1n) is 7.56. The first-order chi connectivity index (χ1) is 9.38. The van der Waals surface area contributed by atoms with Crippen molar-refractivity contribution in [1.29, 1.82) is 0 Å². The predicted molar refractivity (Wildman–Crippen MR) is 78.6 cm³/mol. The second kappa shape index (κ2) is 5.79. The number of fused-ring (bicyclic) bond motifs is 1. The fourth-order valence-corrected chi connectivity index (χ4v) is 3.10. The Labute approximate surface area is 115 Å². The van der Waals surface area contributed by atoms with Crippen LogP contribution in [0.25, 0.3) is 0 Å². The smallest absolute Gasteiger partial charge is 0.122 e. The van der Waals surface area contributed by atoms with Crippen molar-refractivity contribution < 1.29 is 4.74 Å². The highest BCUT2D eigenvalue weighted by atomic mass is 16.5. The lowest BCUT2D eigenvalue weighted by Crippen LogP contribution is -2.23. The van der Waals surface area contributed by atoms with E-state index in [9.17, 15) is 0 Å². The van der Waals surface area contributed by atoms with Crippen LogP contribution in [0.15, 0.2) is 29.8 Å². The minimum absolute atomic E-state index is 0.411. The maximum atomic E-state index is 5.60. The summed E-state index contributed by atoms with van der Waals surface area (Å²) < 4.78 is 5.60. The van der Waals surface area contributed by atoms with Crippen molar-refractivity contribution in [2.24, 2.45) is 0 Å². The van der Waals surface area contributed by atoms with Gasteiger partial charge in [0, 0.05) is 6.42 Å². The van der Waals surface area contributed by atoms with Crippen molar-refractivity contribution in [2.75, 3.05) is 13.2 Å². The molecule has 2 heteroatoms. The van der Waals surface area contributed by atoms with Gasteiger partial charge in [0.2, 0.25) is 0 Å². The van der Waals surface area contributed by atoms with Gasteiger partial charge in [-0.15, -0.1) is 0 Å². The molecular formula is C17H23NO. The lowest BCUT2D eigenvalue weighted by molar-refractivity contribution is 0.356. The highest BCUT2D eigenvalue weighted by molar-refractivity contribution is 5.43. The van der Waals surface area contributed by atoms with E-state index < -0.39 is 0 Å². The number of allylic oxidation sites excluding steroid dienone is 1. The van der Waals surface area contributed by atoms with Crippen molar-refractivity contribution in [1.82, 2.24) is 5.32 Å². The van der Waals surface area contributed by atoms with Crippen LogP contribution in [-0.4, -0.2) is 13.2 Å². The summed E-state index contributed by atoms with van der Waals surface area (Å²) in [6, 6.07) is 7.13. The number of rotatable bonds is 5. The molecule has 0 spiro atoms. The fourth-order valence-electron chi connectivity index (χ4n) is 3.10. The molecule has 19 heavy (non-hydrogen) atoms. The van der Waals surface area contributed by atoms with Gasteiger partial charge >= 0.3 is 0 Å². The Morgan fingerprint density at radius 3 is 3.05 bits per heavy atom. The predicted octanol–water partition coefficient (Wildman–Crippen LogP) is 3.77. The zero-order chi connectivity index (χ0) is 13.1. The third-order valence-corrected chi connectivity index (χ3v) is 4.09. The molecule has 1 atom stereocenters. The third kappa shape index (κ3) is 2.69. The summed E-state index contributed by atoms with van der Waals surface area (Å²) in [7, 11) is 0. The molecule has 0 aromatic heterocycles. The monoisotopic (exact) mass is 257 g/mol. The van der Waals surface area contributed by atoms with Crippen molar-refractivity contribution in [3.63, 3.8) is 0 Å². The van der Waals surface area contributed by atoms with Gasteiger partial charge in [-0.3, -0.25) is 0 Å². The molecule has 1 aromatic rings. The number of benzene rings is 1. The molecule has 1 unspecified atom stereocenters. The van der Waals surface area contributed by atoms with Gasteiger partial charge in [-0.05, 0) is 49.4 Å². The third-order valence-electron chi connectivity index (χ3n) is 4.09. The van der Waals surface area contributed by atoms with Crippen LogP contribution < -0.4 is 10.1 Å². The molecule has 2 aliphatic rings. The van der Waals surface area contributed by atoms with E-state index in [0.29, 0.717) is 6.04 Å². The Bertz CT molecular complexity index is 478. The van der Waals surface area contributed by atoms with Gasteiger partial charge in [-0.1, -0.05) is 30.7 Å². The highest BCUT2D eigenvalue weighted by Gasteiger charge is 2.21. The lowest BCUT2D eigenvalue weighted by atomic mass is 9.95. The second-order valence-corrected chi connectivity index (χ2v) is 5.52. The summed E-state index contributed by atoms with van der Waals surface area (Å²) in [6.45, 7) is 4.15. The number of hydrogen-bond donors (Lipinski definition) is 1. The Kier molecular flexibility index (Phi) is 3.88. The van der Waals surface area contributed by atoms with E-state index in [2.05, 4.69) is 36.5 Å². The van der Waals surface area contributed by atoms with Crippen LogP contribution in [-0.2, 0) is 6.42 Å². The highest BCUT2D eigenvalue weighted by Crippen LogP contribution is 2.34. The summed E-state index contributed by atoms with van der Waals surface area (Å²) in [5.41, 5.74) is 4.36. The van der Waals surface area contributed by atoms with Crippen LogP contribution >= 0.6 is 0 Å². The fraction of sp³-hybridized carbons (Fsp3) is 0.529. The Hall–Kier alpha value is -1.28. The van der Waals surface area contributed by atoms with Gasteiger partial charge in [0.15, 0.2) is 0 Å². The van der Waals surface area contributed by atoms with Crippen LogP contribution in [0.2, 0.25) is 0 Å². The van der Waals surface area contributed by atoms with Gasteiger partial charge < -0.3 is 10.1 Å². The molecule has 0 saturated heterocycles. The molecule has 1 aliphatic heterocycles. The van der Waals surface area contributed by atoms with Crippen LogP contribution in [0, 0.1) is 0 Å². The normalized spacial score (nSPS) is 18.9. The Morgan fingerprint density at radius 2 is 2.26 bits per heavy atom. The van der Waals surface area contributed by atoms with Crippen LogP contribution in [0.4, 0.5) is 0 Å². The van der Waals surface area contributed by atoms with Crippen LogP contribution in [0.1, 0.15) is 49.8 Å². The lowest BCUT2D eigenvalue weighted by Gasteiger charge is -2.21. The SMILES string of the molecule is CCCNC(C1=CCCC1)c1ccc2c(c1)CCO2. The first kappa shape index (κ1) is 12.7. The average Bonchev–Trinajstić information content (AvgIpc) is 3.09. The van der Waals surface area contributed by atoms with Gasteiger partial charge in [0.1, 0.15) is 5.75 Å². The van der Waals surface area contributed by atoms with Gasteiger partial charge in [0.05, 0.1) is 12.6 Å². The number of nitrogens with one attached hydrogen (secondary N) is 1. The summed E-state index contributed by atoms with van der Waals surface area (Å²) >= 11 is 0. The first-order valence-corrected chi connectivity index (χ1v) is 7.56. The quantitative estimate of drug-likeness (QED) is 0.811. The molecular weight excluding hydrogens is 234 g/mol. The molecule has 0 bridgehead atoms. The molecule has 3 rings (SSSR count). The van der Waals surface area contributed by atoms with E-state index >= 15 is 0 Å². The summed E-state index contributed by atoms with van der Waals surface area (Å²) in [4.78, 5) is 0. The van der Waals surface area contributed by atoms with Gasteiger partial charge in [-0.25, -0.2) is 0 Å². The standard InChI is InChI=1S/C17H23NO/c1-2-10-18-17(13-5-3-4-6-13)15-7-8-16-14(12-15)9-11-19-16/h5,7-8,12,17-18H,2-4,6,9-11H2,1H3. The molecule has 0 amide bonds. The van der Waals surface area contributed by atoms with E-state index in [-0.39, 0.29) is 0 Å². The molecule has 1 N–H and O–H groups in total. The number of ether oxygens (including phenoxy) is 1. The maximum Gasteiger partial charge on any atom is 0.122 e. The summed E-state index contributed by atoms with van der Waals surface area (Å²) in [6.07, 6.45) is 8.47. The summed E-state index contributed by atoms with van der Waals surface area (Å²) in [5.74, 6) is 1.08. The van der Waals surface area contributed by atoms with Gasteiger partial charge in [-0.2, -0.15) is 0 Å². The molecule has 1 heterocycles. The maximum absolute atomic E-state index is 5.60. The van der Waals surface area contributed by atoms with Gasteiger partial charge in [0.25, 0.3) is 0 Å². The topological polar surface area (TPSA) is 21.3 Å². The zero-order valence-corrected chi connectivity index (χ0v) is 11.7. The zero-order valence-electron chi connectivity index (χ0n) is 11.7. The van der Waals surface area contributed by atoms with E-state index in [1.54, 1.807) is 5.57 Å². The van der Waals surface area contributed by atoms with Crippen molar-refractivity contribution in [2.45, 2.75) is 45.1 Å². The Balaban J connectivity index is 1.85.